The maximum absolute atomic E-state index is 13.3. The molecule has 2 N–H and O–H groups in total. The molecule has 0 spiro atoms. The first-order chi connectivity index (χ1) is 7.05. The fourth-order valence-corrected chi connectivity index (χ4v) is 1.48. The van der Waals surface area contributed by atoms with E-state index in [1.165, 1.54) is 6.07 Å². The third kappa shape index (κ3) is 3.98. The molecule has 1 aromatic rings. The summed E-state index contributed by atoms with van der Waals surface area (Å²) < 4.78 is 13.3. The number of likely N-dealkylation sites (N-methyl/N-ethyl adjacent to an activating group) is 1. The molecule has 0 aliphatic rings. The van der Waals surface area contributed by atoms with Crippen LogP contribution in [-0.2, 0) is 6.54 Å². The van der Waals surface area contributed by atoms with Crippen molar-refractivity contribution in [2.75, 3.05) is 13.6 Å². The molecule has 0 saturated heterocycles. The first-order valence-corrected chi connectivity index (χ1v) is 5.18. The molecule has 0 amide bonds. The lowest BCUT2D eigenvalue weighted by atomic mass is 10.1. The molecule has 3 heteroatoms. The Balaban J connectivity index is 2.53. The number of halogens is 1. The van der Waals surface area contributed by atoms with Crippen LogP contribution >= 0.6 is 0 Å². The molecule has 0 unspecified atom stereocenters. The lowest BCUT2D eigenvalue weighted by Crippen LogP contribution is -2.46. The van der Waals surface area contributed by atoms with Crippen LogP contribution in [0.1, 0.15) is 19.4 Å². The van der Waals surface area contributed by atoms with Gasteiger partial charge in [-0.25, -0.2) is 4.39 Å². The van der Waals surface area contributed by atoms with Crippen LogP contribution in [-0.4, -0.2) is 19.1 Å². The van der Waals surface area contributed by atoms with Crippen molar-refractivity contribution >= 4 is 0 Å². The summed E-state index contributed by atoms with van der Waals surface area (Å²) in [7, 11) is 1.91. The summed E-state index contributed by atoms with van der Waals surface area (Å²) in [4.78, 5) is 0. The Hall–Kier alpha value is -0.930. The molecule has 0 atom stereocenters. The van der Waals surface area contributed by atoms with Gasteiger partial charge in [-0.15, -0.1) is 0 Å². The highest BCUT2D eigenvalue weighted by molar-refractivity contribution is 5.17. The van der Waals surface area contributed by atoms with Gasteiger partial charge in [0.05, 0.1) is 0 Å². The fraction of sp³-hybridized carbons (Fsp3) is 0.500. The lowest BCUT2D eigenvalue weighted by Gasteiger charge is -2.26. The predicted octanol–water partition coefficient (Wildman–Crippen LogP) is 1.91. The number of hydrogen-bond donors (Lipinski definition) is 2. The van der Waals surface area contributed by atoms with E-state index in [-0.39, 0.29) is 11.4 Å². The Morgan fingerprint density at radius 1 is 1.27 bits per heavy atom. The van der Waals surface area contributed by atoms with Crippen molar-refractivity contribution in [1.29, 1.82) is 0 Å². The van der Waals surface area contributed by atoms with E-state index in [2.05, 4.69) is 24.5 Å². The molecule has 0 aliphatic carbocycles. The Morgan fingerprint density at radius 2 is 1.93 bits per heavy atom. The second kappa shape index (κ2) is 5.24. The van der Waals surface area contributed by atoms with Gasteiger partial charge in [0.1, 0.15) is 5.82 Å². The van der Waals surface area contributed by atoms with Gasteiger partial charge in [-0.3, -0.25) is 0 Å². The lowest BCUT2D eigenvalue weighted by molar-refractivity contribution is 0.370. The monoisotopic (exact) mass is 210 g/mol. The number of benzene rings is 1. The van der Waals surface area contributed by atoms with Crippen LogP contribution in [0.25, 0.3) is 0 Å². The first kappa shape index (κ1) is 12.1. The van der Waals surface area contributed by atoms with Crippen LogP contribution in [0.2, 0.25) is 0 Å². The normalized spacial score (nSPS) is 11.7. The molecule has 1 rings (SSSR count). The van der Waals surface area contributed by atoms with Crippen molar-refractivity contribution in [2.45, 2.75) is 25.9 Å². The molecule has 0 saturated carbocycles. The third-order valence-corrected chi connectivity index (χ3v) is 2.33. The summed E-state index contributed by atoms with van der Waals surface area (Å²) >= 11 is 0. The minimum atomic E-state index is -0.148. The van der Waals surface area contributed by atoms with Crippen molar-refractivity contribution in [1.82, 2.24) is 10.6 Å². The summed E-state index contributed by atoms with van der Waals surface area (Å²) in [6, 6.07) is 6.85. The highest BCUT2D eigenvalue weighted by Crippen LogP contribution is 2.08. The predicted molar refractivity (Wildman–Crippen MR) is 61.2 cm³/mol. The van der Waals surface area contributed by atoms with E-state index in [4.69, 9.17) is 0 Å². The van der Waals surface area contributed by atoms with Gasteiger partial charge in [0.15, 0.2) is 0 Å². The van der Waals surface area contributed by atoms with E-state index in [0.29, 0.717) is 12.1 Å². The average molecular weight is 210 g/mol. The third-order valence-electron chi connectivity index (χ3n) is 2.33. The number of hydrogen-bond acceptors (Lipinski definition) is 2. The minimum absolute atomic E-state index is 0.0307. The zero-order chi connectivity index (χ0) is 11.3. The van der Waals surface area contributed by atoms with Crippen molar-refractivity contribution in [3.63, 3.8) is 0 Å². The van der Waals surface area contributed by atoms with Crippen molar-refractivity contribution in [2.24, 2.45) is 0 Å². The van der Waals surface area contributed by atoms with Gasteiger partial charge in [0, 0.05) is 24.2 Å². The summed E-state index contributed by atoms with van der Waals surface area (Å²) in [5.74, 6) is -0.148. The van der Waals surface area contributed by atoms with Gasteiger partial charge in [-0.2, -0.15) is 0 Å². The molecule has 0 heterocycles. The van der Waals surface area contributed by atoms with Crippen LogP contribution in [0, 0.1) is 5.82 Å². The van der Waals surface area contributed by atoms with Gasteiger partial charge < -0.3 is 10.6 Å². The summed E-state index contributed by atoms with van der Waals surface area (Å²) in [5.41, 5.74) is 0.679. The maximum atomic E-state index is 13.3. The van der Waals surface area contributed by atoms with Crippen LogP contribution in [0.15, 0.2) is 24.3 Å². The SMILES string of the molecule is CNCC(C)(C)NCc1ccccc1F. The van der Waals surface area contributed by atoms with Crippen LogP contribution in [0.5, 0.6) is 0 Å². The molecule has 0 fully saturated rings. The molecule has 84 valence electrons. The number of rotatable bonds is 5. The molecule has 1 aromatic carbocycles. The second-order valence-corrected chi connectivity index (χ2v) is 4.36. The smallest absolute Gasteiger partial charge is 0.127 e. The van der Waals surface area contributed by atoms with E-state index in [9.17, 15) is 4.39 Å². The molecular weight excluding hydrogens is 191 g/mol. The molecule has 0 aliphatic heterocycles. The van der Waals surface area contributed by atoms with Crippen molar-refractivity contribution < 1.29 is 4.39 Å². The van der Waals surface area contributed by atoms with Gasteiger partial charge in [-0.1, -0.05) is 18.2 Å². The molecule has 2 nitrogen and oxygen atoms in total. The van der Waals surface area contributed by atoms with E-state index in [1.54, 1.807) is 12.1 Å². The van der Waals surface area contributed by atoms with Crippen LogP contribution in [0.4, 0.5) is 4.39 Å². The fourth-order valence-electron chi connectivity index (χ4n) is 1.48. The summed E-state index contributed by atoms with van der Waals surface area (Å²) in [6.07, 6.45) is 0. The zero-order valence-electron chi connectivity index (χ0n) is 9.60. The highest BCUT2D eigenvalue weighted by Gasteiger charge is 2.15. The maximum Gasteiger partial charge on any atom is 0.127 e. The Labute approximate surface area is 90.9 Å². The Morgan fingerprint density at radius 3 is 2.53 bits per heavy atom. The van der Waals surface area contributed by atoms with Gasteiger partial charge in [0.2, 0.25) is 0 Å². The minimum Gasteiger partial charge on any atom is -0.318 e. The Kier molecular flexibility index (Phi) is 4.24. The largest absolute Gasteiger partial charge is 0.318 e. The van der Waals surface area contributed by atoms with Crippen molar-refractivity contribution in [3.05, 3.63) is 35.6 Å². The zero-order valence-corrected chi connectivity index (χ0v) is 9.60. The van der Waals surface area contributed by atoms with E-state index in [0.717, 1.165) is 6.54 Å². The summed E-state index contributed by atoms with van der Waals surface area (Å²) in [6.45, 7) is 5.58. The van der Waals surface area contributed by atoms with Gasteiger partial charge in [0.25, 0.3) is 0 Å². The molecule has 0 bridgehead atoms. The molecule has 0 aromatic heterocycles. The average Bonchev–Trinajstić information content (AvgIpc) is 2.16. The Bertz CT molecular complexity index is 310. The molecule has 15 heavy (non-hydrogen) atoms. The second-order valence-electron chi connectivity index (χ2n) is 4.36. The van der Waals surface area contributed by atoms with E-state index >= 15 is 0 Å². The van der Waals surface area contributed by atoms with Gasteiger partial charge in [-0.05, 0) is 27.0 Å². The first-order valence-electron chi connectivity index (χ1n) is 5.18. The number of nitrogens with one attached hydrogen (secondary N) is 2. The highest BCUT2D eigenvalue weighted by atomic mass is 19.1. The van der Waals surface area contributed by atoms with Gasteiger partial charge >= 0.3 is 0 Å². The van der Waals surface area contributed by atoms with Crippen molar-refractivity contribution in [3.8, 4) is 0 Å². The molecule has 0 radical (unpaired) electrons. The van der Waals surface area contributed by atoms with E-state index < -0.39 is 0 Å². The van der Waals surface area contributed by atoms with Crippen LogP contribution < -0.4 is 10.6 Å². The topological polar surface area (TPSA) is 24.1 Å². The van der Waals surface area contributed by atoms with Crippen LogP contribution in [0.3, 0.4) is 0 Å². The quantitative estimate of drug-likeness (QED) is 0.775. The standard InChI is InChI=1S/C12H19FN2/c1-12(2,9-14-3)15-8-10-6-4-5-7-11(10)13/h4-7,14-15H,8-9H2,1-3H3. The summed E-state index contributed by atoms with van der Waals surface area (Å²) in [5, 5.41) is 6.42. The molecular formula is C12H19FN2. The van der Waals surface area contributed by atoms with E-state index in [1.807, 2.05) is 13.1 Å².